The van der Waals surface area contributed by atoms with Crippen LogP contribution in [0.3, 0.4) is 0 Å². The zero-order valence-electron chi connectivity index (χ0n) is 13.9. The van der Waals surface area contributed by atoms with Crippen molar-refractivity contribution in [1.29, 1.82) is 0 Å². The van der Waals surface area contributed by atoms with E-state index in [1.165, 1.54) is 4.90 Å². The average Bonchev–Trinajstić information content (AvgIpc) is 2.61. The highest BCUT2D eigenvalue weighted by Gasteiger charge is 2.33. The van der Waals surface area contributed by atoms with Crippen molar-refractivity contribution in [2.24, 2.45) is 0 Å². The van der Waals surface area contributed by atoms with Crippen molar-refractivity contribution in [2.75, 3.05) is 32.7 Å². The molecule has 2 heterocycles. The normalized spacial score (nSPS) is 15.7. The Morgan fingerprint density at radius 3 is 2.50 bits per heavy atom. The van der Waals surface area contributed by atoms with Crippen LogP contribution in [-0.4, -0.2) is 59.6 Å². The molecule has 1 aromatic heterocycles. The first-order chi connectivity index (χ1) is 12.4. The predicted molar refractivity (Wildman–Crippen MR) is 89.2 cm³/mol. The van der Waals surface area contributed by atoms with Crippen LogP contribution in [0.4, 0.5) is 13.2 Å². The lowest BCUT2D eigenvalue weighted by Crippen LogP contribution is -2.50. The van der Waals surface area contributed by atoms with Crippen LogP contribution in [0.5, 0.6) is 11.6 Å². The number of hydrogen-bond donors (Lipinski definition) is 0. The van der Waals surface area contributed by atoms with Gasteiger partial charge in [0.1, 0.15) is 5.75 Å². The maximum Gasteiger partial charge on any atom is 0.401 e. The monoisotopic (exact) mass is 365 g/mol. The number of nitrogens with zero attached hydrogens (tertiary/aromatic N) is 3. The molecule has 0 saturated carbocycles. The zero-order chi connectivity index (χ0) is 18.6. The molecule has 0 aliphatic carbocycles. The van der Waals surface area contributed by atoms with Gasteiger partial charge in [-0.2, -0.15) is 13.2 Å². The number of benzene rings is 1. The van der Waals surface area contributed by atoms with Crippen molar-refractivity contribution in [2.45, 2.75) is 6.18 Å². The Kier molecular flexibility index (Phi) is 5.41. The Bertz CT molecular complexity index is 745. The third-order valence-corrected chi connectivity index (χ3v) is 4.00. The van der Waals surface area contributed by atoms with E-state index in [9.17, 15) is 18.0 Å². The van der Waals surface area contributed by atoms with Gasteiger partial charge in [-0.05, 0) is 24.3 Å². The molecule has 0 atom stereocenters. The van der Waals surface area contributed by atoms with Gasteiger partial charge in [0.25, 0.3) is 5.91 Å². The van der Waals surface area contributed by atoms with Crippen molar-refractivity contribution in [3.05, 3.63) is 54.2 Å². The minimum Gasteiger partial charge on any atom is -0.439 e. The highest BCUT2D eigenvalue weighted by Crippen LogP contribution is 2.22. The third kappa shape index (κ3) is 4.95. The van der Waals surface area contributed by atoms with Gasteiger partial charge < -0.3 is 9.64 Å². The second-order valence-corrected chi connectivity index (χ2v) is 5.98. The first-order valence-corrected chi connectivity index (χ1v) is 8.18. The Balaban J connectivity index is 1.61. The van der Waals surface area contributed by atoms with E-state index in [-0.39, 0.29) is 32.1 Å². The number of amides is 1. The highest BCUT2D eigenvalue weighted by molar-refractivity contribution is 5.94. The molecule has 2 aromatic rings. The van der Waals surface area contributed by atoms with Crippen LogP contribution in [0.2, 0.25) is 0 Å². The maximum atomic E-state index is 12.6. The van der Waals surface area contributed by atoms with Crippen molar-refractivity contribution < 1.29 is 22.7 Å². The van der Waals surface area contributed by atoms with Gasteiger partial charge >= 0.3 is 6.18 Å². The number of aromatic nitrogens is 1. The lowest BCUT2D eigenvalue weighted by atomic mass is 10.1. The van der Waals surface area contributed by atoms with Crippen molar-refractivity contribution in [1.82, 2.24) is 14.8 Å². The van der Waals surface area contributed by atoms with E-state index >= 15 is 0 Å². The largest absolute Gasteiger partial charge is 0.439 e. The number of alkyl halides is 3. The van der Waals surface area contributed by atoms with E-state index in [2.05, 4.69) is 4.98 Å². The van der Waals surface area contributed by atoms with Crippen LogP contribution in [0, 0.1) is 0 Å². The van der Waals surface area contributed by atoms with Gasteiger partial charge in [0.2, 0.25) is 5.88 Å². The third-order valence-electron chi connectivity index (χ3n) is 4.00. The van der Waals surface area contributed by atoms with E-state index in [0.717, 1.165) is 0 Å². The fourth-order valence-electron chi connectivity index (χ4n) is 2.77. The van der Waals surface area contributed by atoms with E-state index in [0.29, 0.717) is 17.2 Å². The van der Waals surface area contributed by atoms with Gasteiger partial charge in [-0.3, -0.25) is 9.69 Å². The Labute approximate surface area is 149 Å². The van der Waals surface area contributed by atoms with Gasteiger partial charge in [0.15, 0.2) is 0 Å². The summed E-state index contributed by atoms with van der Waals surface area (Å²) in [4.78, 5) is 19.5. The topological polar surface area (TPSA) is 45.7 Å². The van der Waals surface area contributed by atoms with Gasteiger partial charge in [-0.15, -0.1) is 0 Å². The number of pyridine rings is 1. The van der Waals surface area contributed by atoms with E-state index in [1.807, 2.05) is 0 Å². The van der Waals surface area contributed by atoms with Crippen LogP contribution in [0.15, 0.2) is 48.7 Å². The van der Waals surface area contributed by atoms with Crippen molar-refractivity contribution in [3.8, 4) is 11.6 Å². The molecule has 8 heteroatoms. The van der Waals surface area contributed by atoms with Crippen LogP contribution in [0.25, 0.3) is 0 Å². The first-order valence-electron chi connectivity index (χ1n) is 8.18. The van der Waals surface area contributed by atoms with E-state index in [1.54, 1.807) is 53.6 Å². The number of ether oxygens (including phenoxy) is 1. The summed E-state index contributed by atoms with van der Waals surface area (Å²) >= 11 is 0. The molecule has 1 aliphatic rings. The number of piperazine rings is 1. The van der Waals surface area contributed by atoms with Crippen LogP contribution in [-0.2, 0) is 0 Å². The summed E-state index contributed by atoms with van der Waals surface area (Å²) < 4.78 is 42.9. The maximum absolute atomic E-state index is 12.6. The lowest BCUT2D eigenvalue weighted by Gasteiger charge is -2.35. The molecule has 0 N–H and O–H groups in total. The molecule has 5 nitrogen and oxygen atoms in total. The molecule has 0 spiro atoms. The molecule has 3 rings (SSSR count). The van der Waals surface area contributed by atoms with E-state index in [4.69, 9.17) is 4.74 Å². The molecule has 26 heavy (non-hydrogen) atoms. The quantitative estimate of drug-likeness (QED) is 0.835. The molecule has 1 aliphatic heterocycles. The van der Waals surface area contributed by atoms with Gasteiger partial charge in [0, 0.05) is 44.0 Å². The van der Waals surface area contributed by atoms with E-state index < -0.39 is 12.7 Å². The summed E-state index contributed by atoms with van der Waals surface area (Å²) in [6, 6.07) is 11.9. The van der Waals surface area contributed by atoms with Gasteiger partial charge in [-0.25, -0.2) is 4.98 Å². The smallest absolute Gasteiger partial charge is 0.401 e. The lowest BCUT2D eigenvalue weighted by molar-refractivity contribution is -0.148. The molecule has 1 amide bonds. The summed E-state index contributed by atoms with van der Waals surface area (Å²) in [7, 11) is 0. The summed E-state index contributed by atoms with van der Waals surface area (Å²) in [5.41, 5.74) is 0.433. The van der Waals surface area contributed by atoms with Crippen LogP contribution >= 0.6 is 0 Å². The molecule has 0 unspecified atom stereocenters. The molecular formula is C18H18F3N3O2. The van der Waals surface area contributed by atoms with Gasteiger partial charge in [0.05, 0.1) is 6.54 Å². The summed E-state index contributed by atoms with van der Waals surface area (Å²) in [5.74, 6) is 0.672. The predicted octanol–water partition coefficient (Wildman–Crippen LogP) is 3.19. The summed E-state index contributed by atoms with van der Waals surface area (Å²) in [5, 5.41) is 0. The Hall–Kier alpha value is -2.61. The summed E-state index contributed by atoms with van der Waals surface area (Å²) in [6.45, 7) is -0.00629. The Morgan fingerprint density at radius 2 is 1.85 bits per heavy atom. The number of halogens is 3. The second-order valence-electron chi connectivity index (χ2n) is 5.98. The standard InChI is InChI=1S/C18H18F3N3O2/c19-18(20,21)13-23-8-10-24(11-9-23)17(25)14-4-3-5-15(12-14)26-16-6-1-2-7-22-16/h1-7,12H,8-11,13H2. The van der Waals surface area contributed by atoms with Crippen LogP contribution < -0.4 is 4.74 Å². The minimum absolute atomic E-state index is 0.204. The highest BCUT2D eigenvalue weighted by atomic mass is 19.4. The molecule has 138 valence electrons. The SMILES string of the molecule is O=C(c1cccc(Oc2ccccn2)c1)N1CCN(CC(F)(F)F)CC1. The van der Waals surface area contributed by atoms with Crippen molar-refractivity contribution >= 4 is 5.91 Å². The first kappa shape index (κ1) is 18.2. The van der Waals surface area contributed by atoms with Crippen molar-refractivity contribution in [3.63, 3.8) is 0 Å². The molecular weight excluding hydrogens is 347 g/mol. The number of carbonyl (C=O) groups excluding carboxylic acids is 1. The molecule has 0 bridgehead atoms. The number of carbonyl (C=O) groups is 1. The fourth-order valence-corrected chi connectivity index (χ4v) is 2.77. The molecule has 1 fully saturated rings. The average molecular weight is 365 g/mol. The zero-order valence-corrected chi connectivity index (χ0v) is 13.9. The number of rotatable bonds is 4. The molecule has 1 aromatic carbocycles. The Morgan fingerprint density at radius 1 is 1.08 bits per heavy atom. The summed E-state index contributed by atoms with van der Waals surface area (Å²) in [6.07, 6.45) is -2.62. The van der Waals surface area contributed by atoms with Gasteiger partial charge in [-0.1, -0.05) is 12.1 Å². The van der Waals surface area contributed by atoms with Crippen LogP contribution in [0.1, 0.15) is 10.4 Å². The molecule has 1 saturated heterocycles. The molecule has 0 radical (unpaired) electrons. The fraction of sp³-hybridized carbons (Fsp3) is 0.333. The number of hydrogen-bond acceptors (Lipinski definition) is 4. The minimum atomic E-state index is -4.22. The second kappa shape index (κ2) is 7.74.